The maximum Gasteiger partial charge on any atom is 0.335 e. The number of aliphatic hydroxyl groups is 1. The third-order valence-electron chi connectivity index (χ3n) is 7.75. The summed E-state index contributed by atoms with van der Waals surface area (Å²) < 4.78 is 23.0. The smallest absolute Gasteiger partial charge is 0.335 e. The second kappa shape index (κ2) is 11.4. The Kier molecular flexibility index (Phi) is 8.87. The van der Waals surface area contributed by atoms with Crippen LogP contribution in [0.25, 0.3) is 11.2 Å². The zero-order valence-electron chi connectivity index (χ0n) is 24.7. The monoisotopic (exact) mass is 596 g/mol. The van der Waals surface area contributed by atoms with Gasteiger partial charge in [0.1, 0.15) is 11.5 Å². The first-order valence-electron chi connectivity index (χ1n) is 13.8. The maximum atomic E-state index is 12.8. The minimum absolute atomic E-state index is 0.117. The number of nitrogens with one attached hydrogen (secondary N) is 1. The van der Waals surface area contributed by atoms with Gasteiger partial charge in [0, 0.05) is 14.1 Å². The van der Waals surface area contributed by atoms with E-state index in [1.54, 1.807) is 33.9 Å². The number of hydrogen-bond donors (Lipinski definition) is 2. The third kappa shape index (κ3) is 5.40. The molecule has 0 spiro atoms. The van der Waals surface area contributed by atoms with Crippen molar-refractivity contribution in [2.45, 2.75) is 100 Å². The van der Waals surface area contributed by atoms with E-state index in [1.807, 2.05) is 14.1 Å². The summed E-state index contributed by atoms with van der Waals surface area (Å²) in [5.74, 6) is 0.176. The quantitative estimate of drug-likeness (QED) is 0.274. The van der Waals surface area contributed by atoms with E-state index in [9.17, 15) is 9.90 Å². The first-order chi connectivity index (χ1) is 18.2. The van der Waals surface area contributed by atoms with Gasteiger partial charge in [0.25, 0.3) is 5.56 Å². The average molecular weight is 597 g/mol. The van der Waals surface area contributed by atoms with Crippen molar-refractivity contribution in [3.8, 4) is 0 Å². The zero-order valence-corrected chi connectivity index (χ0v) is 27.5. The Balaban J connectivity index is 1.78. The summed E-state index contributed by atoms with van der Waals surface area (Å²) in [5, 5.41) is 11.2. The van der Waals surface area contributed by atoms with Crippen molar-refractivity contribution in [2.24, 2.45) is 4.99 Å². The molecule has 39 heavy (non-hydrogen) atoms. The molecule has 0 radical (unpaired) electrons. The molecule has 0 unspecified atom stereocenters. The molecule has 0 saturated carbocycles. The molecule has 0 aliphatic carbocycles. The van der Waals surface area contributed by atoms with Gasteiger partial charge < -0.3 is 23.0 Å². The van der Waals surface area contributed by atoms with Gasteiger partial charge in [0.05, 0.1) is 30.6 Å². The number of aromatic nitrogens is 4. The molecular formula is C25H44N6O5SSi2. The van der Waals surface area contributed by atoms with Crippen molar-refractivity contribution in [1.29, 1.82) is 0 Å². The molecule has 4 rings (SSSR count). The van der Waals surface area contributed by atoms with Crippen LogP contribution in [0.1, 0.15) is 60.8 Å². The molecule has 11 nitrogen and oxygen atoms in total. The van der Waals surface area contributed by atoms with Gasteiger partial charge in [-0.2, -0.15) is 4.98 Å². The van der Waals surface area contributed by atoms with Gasteiger partial charge in [-0.05, 0) is 22.2 Å². The molecule has 2 aromatic rings. The summed E-state index contributed by atoms with van der Waals surface area (Å²) in [5.41, 5.74) is 0.996. The van der Waals surface area contributed by atoms with Crippen molar-refractivity contribution in [3.63, 3.8) is 0 Å². The Bertz CT molecular complexity index is 1230. The molecule has 0 aromatic carbocycles. The van der Waals surface area contributed by atoms with Crippen LogP contribution in [-0.4, -0.2) is 91.1 Å². The molecule has 218 valence electrons. The fraction of sp³-hybridized carbons (Fsp3) is 0.760. The molecule has 14 heteroatoms. The molecule has 2 fully saturated rings. The van der Waals surface area contributed by atoms with Crippen LogP contribution in [0.2, 0.25) is 22.2 Å². The molecule has 2 N–H and O–H groups in total. The van der Waals surface area contributed by atoms with Gasteiger partial charge in [0.15, 0.2) is 11.2 Å². The number of aromatic amines is 1. The lowest BCUT2D eigenvalue weighted by Crippen LogP contribution is -2.65. The molecule has 2 aromatic heterocycles. The number of imidazole rings is 1. The number of aliphatic imine (C=N–C) groups is 1. The summed E-state index contributed by atoms with van der Waals surface area (Å²) in [6.45, 7) is 17.9. The van der Waals surface area contributed by atoms with E-state index in [0.29, 0.717) is 12.3 Å². The highest BCUT2D eigenvalue weighted by Gasteiger charge is 2.61. The van der Waals surface area contributed by atoms with Crippen LogP contribution in [-0.2, 0) is 13.0 Å². The molecule has 2 saturated heterocycles. The van der Waals surface area contributed by atoms with Gasteiger partial charge in [-0.3, -0.25) is 14.3 Å². The Morgan fingerprint density at radius 3 is 2.31 bits per heavy atom. The predicted octanol–water partition coefficient (Wildman–Crippen LogP) is 4.27. The van der Waals surface area contributed by atoms with Crippen LogP contribution >= 0.6 is 11.8 Å². The van der Waals surface area contributed by atoms with Gasteiger partial charge in [-0.25, -0.2) is 9.98 Å². The van der Waals surface area contributed by atoms with Crippen molar-refractivity contribution < 1.29 is 18.1 Å². The molecule has 4 atom stereocenters. The number of aliphatic hydroxyl groups excluding tert-OH is 1. The van der Waals surface area contributed by atoms with E-state index >= 15 is 0 Å². The summed E-state index contributed by atoms with van der Waals surface area (Å²) in [6, 6.07) is 0. The fourth-order valence-corrected chi connectivity index (χ4v) is 18.6. The van der Waals surface area contributed by atoms with Crippen molar-refractivity contribution in [2.75, 3.05) is 20.7 Å². The van der Waals surface area contributed by atoms with E-state index in [2.05, 4.69) is 75.3 Å². The van der Waals surface area contributed by atoms with Crippen molar-refractivity contribution in [1.82, 2.24) is 24.4 Å². The maximum absolute atomic E-state index is 12.8. The van der Waals surface area contributed by atoms with Gasteiger partial charge in [-0.15, -0.1) is 11.8 Å². The Hall–Kier alpha value is -1.56. The lowest BCUT2D eigenvalue weighted by Gasteiger charge is -2.51. The third-order valence-corrected chi connectivity index (χ3v) is 19.5. The molecule has 4 heterocycles. The highest BCUT2D eigenvalue weighted by molar-refractivity contribution is 8.00. The Labute approximate surface area is 237 Å². The molecule has 2 aliphatic heterocycles. The van der Waals surface area contributed by atoms with Crippen LogP contribution in [0.4, 0.5) is 5.95 Å². The normalized spacial score (nSPS) is 27.2. The summed E-state index contributed by atoms with van der Waals surface area (Å²) in [7, 11) is -1.88. The second-order valence-electron chi connectivity index (χ2n) is 12.0. The molecule has 2 aliphatic rings. The largest absolute Gasteiger partial charge is 0.414 e. The van der Waals surface area contributed by atoms with E-state index in [1.165, 1.54) is 0 Å². The standard InChI is InChI=1S/C25H44N6O5SSi2/c1-14(2)38(15(3)4)34-11-18-21(35-39(36-38,16(5)6)17(7)8)20(32)24(37-18)31-13-26-19-22(31)28-25(29-23(19)33)27-12-30(9)10/h12-18,20-21,24,32H,11H2,1-10H3,(H,28,29,33)/b27-12+/t18-,20-,21-,24-/m1/s1. The topological polar surface area (TPSA) is 127 Å². The SMILES string of the molecule is CC(C)[Si]1(C(C)C)OC[C@H]2S[C@@H](n3cnc4c(=O)[nH]c(/N=C/N(C)C)nc43)[C@H](O)[C@@H]2O[Si](C(C)C)(C(C)C)O1. The summed E-state index contributed by atoms with van der Waals surface area (Å²) in [4.78, 5) is 30.3. The van der Waals surface area contributed by atoms with E-state index in [4.69, 9.17) is 13.0 Å². The highest BCUT2D eigenvalue weighted by Crippen LogP contribution is 2.52. The number of H-pyrrole nitrogens is 1. The van der Waals surface area contributed by atoms with Crippen LogP contribution in [0, 0.1) is 0 Å². The van der Waals surface area contributed by atoms with Crippen LogP contribution < -0.4 is 5.56 Å². The molecule has 0 amide bonds. The number of thioether (sulfide) groups is 1. The first-order valence-corrected chi connectivity index (χ1v) is 18.6. The predicted molar refractivity (Wildman–Crippen MR) is 160 cm³/mol. The lowest BCUT2D eigenvalue weighted by atomic mass is 10.1. The van der Waals surface area contributed by atoms with Gasteiger partial charge in [0.2, 0.25) is 5.95 Å². The summed E-state index contributed by atoms with van der Waals surface area (Å²) in [6.07, 6.45) is 1.77. The van der Waals surface area contributed by atoms with Gasteiger partial charge in [-0.1, -0.05) is 55.4 Å². The van der Waals surface area contributed by atoms with Gasteiger partial charge >= 0.3 is 17.1 Å². The van der Waals surface area contributed by atoms with Crippen LogP contribution in [0.3, 0.4) is 0 Å². The number of fused-ring (bicyclic) bond motifs is 2. The Morgan fingerprint density at radius 1 is 1.13 bits per heavy atom. The van der Waals surface area contributed by atoms with E-state index in [0.717, 1.165) is 0 Å². The highest BCUT2D eigenvalue weighted by atomic mass is 32.2. The molecule has 0 bridgehead atoms. The van der Waals surface area contributed by atoms with Crippen molar-refractivity contribution >= 4 is 52.3 Å². The van der Waals surface area contributed by atoms with E-state index < -0.39 is 34.7 Å². The minimum Gasteiger partial charge on any atom is -0.414 e. The lowest BCUT2D eigenvalue weighted by molar-refractivity contribution is -0.00831. The number of nitrogens with zero attached hydrogens (tertiary/aromatic N) is 5. The average Bonchev–Trinajstić information content (AvgIpc) is 3.38. The molecular weight excluding hydrogens is 553 g/mol. The second-order valence-corrected chi connectivity index (χ2v) is 22.2. The first kappa shape index (κ1) is 30.4. The number of hydrogen-bond acceptors (Lipinski definition) is 9. The summed E-state index contributed by atoms with van der Waals surface area (Å²) >= 11 is 1.59. The van der Waals surface area contributed by atoms with Crippen molar-refractivity contribution in [3.05, 3.63) is 16.7 Å². The fourth-order valence-electron chi connectivity index (χ4n) is 5.70. The zero-order chi connectivity index (χ0) is 28.9. The van der Waals surface area contributed by atoms with Crippen LogP contribution in [0.5, 0.6) is 0 Å². The number of rotatable bonds is 7. The van der Waals surface area contributed by atoms with Crippen LogP contribution in [0.15, 0.2) is 16.1 Å². The minimum atomic E-state index is -2.87. The van der Waals surface area contributed by atoms with E-state index in [-0.39, 0.29) is 44.4 Å². The Morgan fingerprint density at radius 2 is 1.74 bits per heavy atom.